The van der Waals surface area contributed by atoms with Crippen molar-refractivity contribution in [1.29, 1.82) is 0 Å². The smallest absolute Gasteiger partial charge is 0.271 e. The number of rotatable bonds is 7. The molecule has 0 bridgehead atoms. The molecule has 0 atom stereocenters. The Morgan fingerprint density at radius 3 is 2.68 bits per heavy atom. The highest BCUT2D eigenvalue weighted by molar-refractivity contribution is 7.17. The average Bonchev–Trinajstić information content (AvgIpc) is 3.22. The maximum Gasteiger partial charge on any atom is 0.271 e. The van der Waals surface area contributed by atoms with Crippen molar-refractivity contribution >= 4 is 33.1 Å². The van der Waals surface area contributed by atoms with Gasteiger partial charge in [-0.2, -0.15) is 0 Å². The third kappa shape index (κ3) is 4.29. The second-order valence-corrected chi connectivity index (χ2v) is 7.59. The molecule has 4 rings (SSSR count). The van der Waals surface area contributed by atoms with Crippen LogP contribution in [0.15, 0.2) is 65.0 Å². The number of fused-ring (bicyclic) bond motifs is 1. The fourth-order valence-electron chi connectivity index (χ4n) is 3.23. The van der Waals surface area contributed by atoms with Crippen LogP contribution in [-0.2, 0) is 11.3 Å². The predicted octanol–water partition coefficient (Wildman–Crippen LogP) is 4.17. The number of ether oxygens (including phenoxy) is 2. The van der Waals surface area contributed by atoms with Crippen LogP contribution in [-0.4, -0.2) is 29.2 Å². The number of hydrogen-bond acceptors (Lipinski definition) is 6. The standard InChI is InChI=1S/C23H21N3O4S/c1-3-30-19-7-5-4-6-18(19)25-20(27)12-26-14-24-21-17(13-31-22(21)23(26)28)15-8-10-16(29-2)11-9-15/h4-11,13-14H,3,12H2,1-2H3,(H,25,27). The third-order valence-corrected chi connectivity index (χ3v) is 5.68. The van der Waals surface area contributed by atoms with Gasteiger partial charge in [-0.25, -0.2) is 4.98 Å². The Morgan fingerprint density at radius 1 is 1.16 bits per heavy atom. The SMILES string of the molecule is CCOc1ccccc1NC(=O)Cn1cnc2c(-c3ccc(OC)cc3)csc2c1=O. The molecule has 2 aromatic carbocycles. The fraction of sp³-hybridized carbons (Fsp3) is 0.174. The monoisotopic (exact) mass is 435 g/mol. The third-order valence-electron chi connectivity index (χ3n) is 4.72. The molecule has 2 aromatic heterocycles. The van der Waals surface area contributed by atoms with Crippen molar-refractivity contribution < 1.29 is 14.3 Å². The highest BCUT2D eigenvalue weighted by atomic mass is 32.1. The Labute approximate surface area is 182 Å². The lowest BCUT2D eigenvalue weighted by molar-refractivity contribution is -0.116. The van der Waals surface area contributed by atoms with E-state index in [4.69, 9.17) is 9.47 Å². The second-order valence-electron chi connectivity index (χ2n) is 6.71. The molecule has 2 heterocycles. The van der Waals surface area contributed by atoms with Crippen LogP contribution in [0, 0.1) is 0 Å². The Hall–Kier alpha value is -3.65. The maximum absolute atomic E-state index is 12.9. The van der Waals surface area contributed by atoms with E-state index < -0.39 is 0 Å². The van der Waals surface area contributed by atoms with Gasteiger partial charge in [-0.15, -0.1) is 11.3 Å². The largest absolute Gasteiger partial charge is 0.497 e. The minimum atomic E-state index is -0.331. The second kappa shape index (κ2) is 9.01. The van der Waals surface area contributed by atoms with Gasteiger partial charge in [-0.1, -0.05) is 24.3 Å². The van der Waals surface area contributed by atoms with Crippen LogP contribution in [0.3, 0.4) is 0 Å². The van der Waals surface area contributed by atoms with Crippen molar-refractivity contribution in [3.63, 3.8) is 0 Å². The number of para-hydroxylation sites is 2. The Balaban J connectivity index is 1.57. The van der Waals surface area contributed by atoms with Crippen molar-refractivity contribution in [3.8, 4) is 22.6 Å². The minimum absolute atomic E-state index is 0.141. The van der Waals surface area contributed by atoms with Gasteiger partial charge in [0, 0.05) is 10.9 Å². The van der Waals surface area contributed by atoms with Crippen LogP contribution in [0.4, 0.5) is 5.69 Å². The molecule has 8 heteroatoms. The summed E-state index contributed by atoms with van der Waals surface area (Å²) in [6, 6.07) is 14.8. The molecular weight excluding hydrogens is 414 g/mol. The number of thiophene rings is 1. The van der Waals surface area contributed by atoms with Crippen LogP contribution in [0.2, 0.25) is 0 Å². The van der Waals surface area contributed by atoms with Crippen molar-refractivity contribution in [2.75, 3.05) is 19.0 Å². The molecule has 0 fully saturated rings. The first-order valence-electron chi connectivity index (χ1n) is 9.73. The molecule has 0 radical (unpaired) electrons. The zero-order chi connectivity index (χ0) is 21.8. The molecular formula is C23H21N3O4S. The van der Waals surface area contributed by atoms with Gasteiger partial charge in [0.2, 0.25) is 5.91 Å². The number of carbonyl (C=O) groups excluding carboxylic acids is 1. The summed E-state index contributed by atoms with van der Waals surface area (Å²) in [5.41, 5.74) is 2.76. The summed E-state index contributed by atoms with van der Waals surface area (Å²) in [5.74, 6) is 1.01. The normalized spacial score (nSPS) is 10.8. The van der Waals surface area contributed by atoms with Crippen molar-refractivity contribution in [1.82, 2.24) is 9.55 Å². The van der Waals surface area contributed by atoms with E-state index >= 15 is 0 Å². The summed E-state index contributed by atoms with van der Waals surface area (Å²) in [7, 11) is 1.62. The Morgan fingerprint density at radius 2 is 1.94 bits per heavy atom. The number of benzene rings is 2. The molecule has 0 saturated carbocycles. The molecule has 1 N–H and O–H groups in total. The van der Waals surface area contributed by atoms with Gasteiger partial charge < -0.3 is 14.8 Å². The number of nitrogens with zero attached hydrogens (tertiary/aromatic N) is 2. The molecule has 0 saturated heterocycles. The first kappa shape index (κ1) is 20.6. The molecule has 4 aromatic rings. The number of nitrogens with one attached hydrogen (secondary N) is 1. The first-order valence-corrected chi connectivity index (χ1v) is 10.6. The lowest BCUT2D eigenvalue weighted by atomic mass is 10.1. The van der Waals surface area contributed by atoms with Gasteiger partial charge in [0.05, 0.1) is 31.2 Å². The van der Waals surface area contributed by atoms with Gasteiger partial charge in [0.15, 0.2) is 0 Å². The summed E-state index contributed by atoms with van der Waals surface area (Å²) >= 11 is 1.32. The van der Waals surface area contributed by atoms with E-state index in [0.29, 0.717) is 28.3 Å². The van der Waals surface area contributed by atoms with E-state index in [2.05, 4.69) is 10.3 Å². The van der Waals surface area contributed by atoms with Gasteiger partial charge in [-0.3, -0.25) is 14.2 Å². The molecule has 7 nitrogen and oxygen atoms in total. The number of hydrogen-bond donors (Lipinski definition) is 1. The number of amides is 1. The lowest BCUT2D eigenvalue weighted by Crippen LogP contribution is -2.27. The summed E-state index contributed by atoms with van der Waals surface area (Å²) in [6.07, 6.45) is 1.42. The molecule has 0 spiro atoms. The molecule has 31 heavy (non-hydrogen) atoms. The van der Waals surface area contributed by atoms with E-state index in [-0.39, 0.29) is 18.0 Å². The van der Waals surface area contributed by atoms with Crippen LogP contribution < -0.4 is 20.3 Å². The zero-order valence-corrected chi connectivity index (χ0v) is 17.9. The summed E-state index contributed by atoms with van der Waals surface area (Å²) < 4.78 is 12.5. The van der Waals surface area contributed by atoms with Gasteiger partial charge in [0.1, 0.15) is 22.7 Å². The highest BCUT2D eigenvalue weighted by Crippen LogP contribution is 2.31. The molecule has 0 aliphatic heterocycles. The zero-order valence-electron chi connectivity index (χ0n) is 17.1. The van der Waals surface area contributed by atoms with Crippen LogP contribution in [0.25, 0.3) is 21.3 Å². The predicted molar refractivity (Wildman–Crippen MR) is 122 cm³/mol. The average molecular weight is 436 g/mol. The van der Waals surface area contributed by atoms with Crippen LogP contribution in [0.1, 0.15) is 6.92 Å². The van der Waals surface area contributed by atoms with Gasteiger partial charge in [0.25, 0.3) is 5.56 Å². The quantitative estimate of drug-likeness (QED) is 0.471. The number of aromatic nitrogens is 2. The van der Waals surface area contributed by atoms with Crippen LogP contribution in [0.5, 0.6) is 11.5 Å². The van der Waals surface area contributed by atoms with E-state index in [1.807, 2.05) is 48.7 Å². The van der Waals surface area contributed by atoms with E-state index in [9.17, 15) is 9.59 Å². The van der Waals surface area contributed by atoms with Gasteiger partial charge in [-0.05, 0) is 36.8 Å². The van der Waals surface area contributed by atoms with Gasteiger partial charge >= 0.3 is 0 Å². The Bertz CT molecular complexity index is 1280. The summed E-state index contributed by atoms with van der Waals surface area (Å²) in [5, 5.41) is 4.71. The summed E-state index contributed by atoms with van der Waals surface area (Å²) in [6.45, 7) is 2.22. The molecule has 158 valence electrons. The highest BCUT2D eigenvalue weighted by Gasteiger charge is 2.15. The van der Waals surface area contributed by atoms with E-state index in [1.54, 1.807) is 19.2 Å². The lowest BCUT2D eigenvalue weighted by Gasteiger charge is -2.11. The number of methoxy groups -OCH3 is 1. The molecule has 1 amide bonds. The first-order chi connectivity index (χ1) is 15.1. The maximum atomic E-state index is 12.9. The van der Waals surface area contributed by atoms with Crippen molar-refractivity contribution in [3.05, 3.63) is 70.6 Å². The molecule has 0 aliphatic rings. The van der Waals surface area contributed by atoms with Crippen molar-refractivity contribution in [2.45, 2.75) is 13.5 Å². The number of carbonyl (C=O) groups is 1. The molecule has 0 unspecified atom stereocenters. The summed E-state index contributed by atoms with van der Waals surface area (Å²) in [4.78, 5) is 30.0. The minimum Gasteiger partial charge on any atom is -0.497 e. The van der Waals surface area contributed by atoms with Crippen molar-refractivity contribution in [2.24, 2.45) is 0 Å². The van der Waals surface area contributed by atoms with Crippen LogP contribution >= 0.6 is 11.3 Å². The fourth-order valence-corrected chi connectivity index (χ4v) is 4.20. The molecule has 0 aliphatic carbocycles. The topological polar surface area (TPSA) is 82.4 Å². The van der Waals surface area contributed by atoms with E-state index in [0.717, 1.165) is 16.9 Å². The number of anilines is 1. The Kier molecular flexibility index (Phi) is 5.99. The van der Waals surface area contributed by atoms with E-state index in [1.165, 1.54) is 22.2 Å².